The number of nitrogens with zero attached hydrogens (tertiary/aromatic N) is 2. The van der Waals surface area contributed by atoms with Crippen molar-refractivity contribution in [3.8, 4) is 5.88 Å². The van der Waals surface area contributed by atoms with Gasteiger partial charge in [-0.15, -0.1) is 0 Å². The third-order valence-corrected chi connectivity index (χ3v) is 3.14. The number of anilines is 2. The molecule has 1 atom stereocenters. The molecule has 0 aliphatic rings. The SMILES string of the molecule is CCCCC(CC)CNc1ncnc(OC)c1N. The van der Waals surface area contributed by atoms with Crippen LogP contribution in [-0.2, 0) is 0 Å². The lowest BCUT2D eigenvalue weighted by Gasteiger charge is -2.16. The summed E-state index contributed by atoms with van der Waals surface area (Å²) in [4.78, 5) is 8.10. The summed E-state index contributed by atoms with van der Waals surface area (Å²) in [6.07, 6.45) is 6.37. The van der Waals surface area contributed by atoms with Gasteiger partial charge in [0.15, 0.2) is 5.82 Å². The summed E-state index contributed by atoms with van der Waals surface area (Å²) in [5.41, 5.74) is 6.39. The highest BCUT2D eigenvalue weighted by Crippen LogP contribution is 2.24. The van der Waals surface area contributed by atoms with Gasteiger partial charge in [-0.05, 0) is 12.3 Å². The molecular weight excluding hydrogens is 228 g/mol. The summed E-state index contributed by atoms with van der Waals surface area (Å²) in [6, 6.07) is 0. The molecule has 0 spiro atoms. The Balaban J connectivity index is 2.56. The van der Waals surface area contributed by atoms with Crippen molar-refractivity contribution in [2.45, 2.75) is 39.5 Å². The van der Waals surface area contributed by atoms with E-state index in [2.05, 4.69) is 29.1 Å². The minimum atomic E-state index is 0.425. The first-order valence-electron chi connectivity index (χ1n) is 6.61. The fourth-order valence-corrected chi connectivity index (χ4v) is 1.87. The van der Waals surface area contributed by atoms with Crippen LogP contribution in [0, 0.1) is 5.92 Å². The van der Waals surface area contributed by atoms with Gasteiger partial charge in [0, 0.05) is 6.54 Å². The van der Waals surface area contributed by atoms with Crippen LogP contribution in [-0.4, -0.2) is 23.6 Å². The van der Waals surface area contributed by atoms with E-state index in [1.165, 1.54) is 25.6 Å². The number of ether oxygens (including phenoxy) is 1. The number of rotatable bonds is 8. The molecule has 1 rings (SSSR count). The molecule has 0 saturated heterocycles. The molecule has 5 heteroatoms. The molecule has 0 saturated carbocycles. The van der Waals surface area contributed by atoms with Crippen LogP contribution >= 0.6 is 0 Å². The Morgan fingerprint density at radius 1 is 1.39 bits per heavy atom. The number of nitrogens with one attached hydrogen (secondary N) is 1. The van der Waals surface area contributed by atoms with Crippen molar-refractivity contribution >= 4 is 11.5 Å². The third-order valence-electron chi connectivity index (χ3n) is 3.14. The molecule has 0 amide bonds. The maximum absolute atomic E-state index is 5.91. The van der Waals surface area contributed by atoms with Crippen molar-refractivity contribution < 1.29 is 4.74 Å². The molecule has 0 radical (unpaired) electrons. The summed E-state index contributed by atoms with van der Waals surface area (Å²) in [6.45, 7) is 5.32. The maximum Gasteiger partial charge on any atom is 0.242 e. The number of nitrogens with two attached hydrogens (primary N) is 1. The van der Waals surface area contributed by atoms with Crippen LogP contribution in [0.3, 0.4) is 0 Å². The predicted molar refractivity (Wildman–Crippen MR) is 74.8 cm³/mol. The summed E-state index contributed by atoms with van der Waals surface area (Å²) in [7, 11) is 1.55. The molecule has 1 aromatic rings. The van der Waals surface area contributed by atoms with Gasteiger partial charge in [-0.25, -0.2) is 4.98 Å². The molecule has 0 aliphatic heterocycles. The Labute approximate surface area is 109 Å². The highest BCUT2D eigenvalue weighted by atomic mass is 16.5. The summed E-state index contributed by atoms with van der Waals surface area (Å²) >= 11 is 0. The zero-order valence-electron chi connectivity index (χ0n) is 11.6. The van der Waals surface area contributed by atoms with Crippen molar-refractivity contribution in [3.63, 3.8) is 0 Å². The van der Waals surface area contributed by atoms with Gasteiger partial charge < -0.3 is 15.8 Å². The van der Waals surface area contributed by atoms with Crippen LogP contribution < -0.4 is 15.8 Å². The molecule has 102 valence electrons. The van der Waals surface area contributed by atoms with Crippen LogP contribution in [0.2, 0.25) is 0 Å². The van der Waals surface area contributed by atoms with Crippen molar-refractivity contribution in [2.75, 3.05) is 24.7 Å². The van der Waals surface area contributed by atoms with Crippen LogP contribution in [0.15, 0.2) is 6.33 Å². The van der Waals surface area contributed by atoms with Gasteiger partial charge in [0.25, 0.3) is 0 Å². The first-order valence-corrected chi connectivity index (χ1v) is 6.61. The van der Waals surface area contributed by atoms with Gasteiger partial charge in [0.05, 0.1) is 7.11 Å². The Morgan fingerprint density at radius 2 is 2.17 bits per heavy atom. The summed E-state index contributed by atoms with van der Waals surface area (Å²) in [5.74, 6) is 1.75. The lowest BCUT2D eigenvalue weighted by Crippen LogP contribution is -2.16. The van der Waals surface area contributed by atoms with Gasteiger partial charge in [0.1, 0.15) is 12.0 Å². The van der Waals surface area contributed by atoms with E-state index >= 15 is 0 Å². The Morgan fingerprint density at radius 3 is 2.78 bits per heavy atom. The average Bonchev–Trinajstić information content (AvgIpc) is 2.40. The van der Waals surface area contributed by atoms with Crippen molar-refractivity contribution in [3.05, 3.63) is 6.33 Å². The van der Waals surface area contributed by atoms with Crippen LogP contribution in [0.5, 0.6) is 5.88 Å². The highest BCUT2D eigenvalue weighted by Gasteiger charge is 2.10. The standard InChI is InChI=1S/C13H24N4O/c1-4-6-7-10(5-2)8-15-12-11(14)13(18-3)17-9-16-12/h9-10H,4-8,14H2,1-3H3,(H,15,16,17). The number of methoxy groups -OCH3 is 1. The molecule has 1 heterocycles. The smallest absolute Gasteiger partial charge is 0.242 e. The minimum absolute atomic E-state index is 0.425. The summed E-state index contributed by atoms with van der Waals surface area (Å²) < 4.78 is 5.07. The van der Waals surface area contributed by atoms with Crippen LogP contribution in [0.25, 0.3) is 0 Å². The summed E-state index contributed by atoms with van der Waals surface area (Å²) in [5, 5.41) is 3.29. The topological polar surface area (TPSA) is 73.1 Å². The van der Waals surface area contributed by atoms with E-state index < -0.39 is 0 Å². The van der Waals surface area contributed by atoms with E-state index in [9.17, 15) is 0 Å². The number of unbranched alkanes of at least 4 members (excludes halogenated alkanes) is 1. The first kappa shape index (κ1) is 14.5. The van der Waals surface area contributed by atoms with Crippen molar-refractivity contribution in [1.82, 2.24) is 9.97 Å². The molecular formula is C13H24N4O. The normalized spacial score (nSPS) is 12.2. The van der Waals surface area contributed by atoms with Crippen molar-refractivity contribution in [1.29, 1.82) is 0 Å². The van der Waals surface area contributed by atoms with E-state index in [0.29, 0.717) is 23.3 Å². The average molecular weight is 252 g/mol. The Bertz CT molecular complexity index is 357. The molecule has 18 heavy (non-hydrogen) atoms. The fourth-order valence-electron chi connectivity index (χ4n) is 1.87. The monoisotopic (exact) mass is 252 g/mol. The van der Waals surface area contributed by atoms with Gasteiger partial charge in [0.2, 0.25) is 5.88 Å². The lowest BCUT2D eigenvalue weighted by atomic mass is 9.99. The van der Waals surface area contributed by atoms with E-state index in [0.717, 1.165) is 13.0 Å². The molecule has 0 bridgehead atoms. The molecule has 0 aromatic carbocycles. The van der Waals surface area contributed by atoms with Gasteiger partial charge in [-0.3, -0.25) is 0 Å². The quantitative estimate of drug-likeness (QED) is 0.744. The number of hydrogen-bond acceptors (Lipinski definition) is 5. The second-order valence-electron chi connectivity index (χ2n) is 4.44. The molecule has 3 N–H and O–H groups in total. The Hall–Kier alpha value is -1.52. The third kappa shape index (κ3) is 4.05. The first-order chi connectivity index (χ1) is 8.72. The number of hydrogen-bond donors (Lipinski definition) is 2. The second kappa shape index (κ2) is 7.74. The molecule has 5 nitrogen and oxygen atoms in total. The van der Waals surface area contributed by atoms with Gasteiger partial charge in [-0.2, -0.15) is 4.98 Å². The zero-order valence-corrected chi connectivity index (χ0v) is 11.6. The number of nitrogen functional groups attached to an aromatic ring is 1. The van der Waals surface area contributed by atoms with E-state index in [-0.39, 0.29) is 0 Å². The minimum Gasteiger partial charge on any atom is -0.479 e. The van der Waals surface area contributed by atoms with Gasteiger partial charge in [-0.1, -0.05) is 33.1 Å². The lowest BCUT2D eigenvalue weighted by molar-refractivity contribution is 0.399. The van der Waals surface area contributed by atoms with E-state index in [4.69, 9.17) is 10.5 Å². The van der Waals surface area contributed by atoms with E-state index in [1.54, 1.807) is 7.11 Å². The van der Waals surface area contributed by atoms with Crippen molar-refractivity contribution in [2.24, 2.45) is 5.92 Å². The van der Waals surface area contributed by atoms with Gasteiger partial charge >= 0.3 is 0 Å². The van der Waals surface area contributed by atoms with E-state index in [1.807, 2.05) is 0 Å². The fraction of sp³-hybridized carbons (Fsp3) is 0.692. The van der Waals surface area contributed by atoms with Crippen LogP contribution in [0.1, 0.15) is 39.5 Å². The zero-order chi connectivity index (χ0) is 13.4. The number of aromatic nitrogens is 2. The Kier molecular flexibility index (Phi) is 6.25. The molecule has 0 aliphatic carbocycles. The predicted octanol–water partition coefficient (Wildman–Crippen LogP) is 2.70. The van der Waals surface area contributed by atoms with Crippen LogP contribution in [0.4, 0.5) is 11.5 Å². The largest absolute Gasteiger partial charge is 0.479 e. The molecule has 1 aromatic heterocycles. The molecule has 1 unspecified atom stereocenters. The second-order valence-corrected chi connectivity index (χ2v) is 4.44. The molecule has 0 fully saturated rings. The highest BCUT2D eigenvalue weighted by molar-refractivity contribution is 5.66. The maximum atomic E-state index is 5.91.